The van der Waals surface area contributed by atoms with E-state index < -0.39 is 0 Å². The molecule has 1 saturated heterocycles. The molecular weight excluding hydrogens is 232 g/mol. The van der Waals surface area contributed by atoms with Crippen LogP contribution in [-0.2, 0) is 6.54 Å². The molecule has 1 saturated carbocycles. The zero-order valence-corrected chi connectivity index (χ0v) is 11.6. The third kappa shape index (κ3) is 2.82. The average Bonchev–Trinajstić information content (AvgIpc) is 2.90. The van der Waals surface area contributed by atoms with Gasteiger partial charge < -0.3 is 0 Å². The van der Waals surface area contributed by atoms with E-state index in [4.69, 9.17) is 5.26 Å². The van der Waals surface area contributed by atoms with Crippen LogP contribution in [0.5, 0.6) is 0 Å². The summed E-state index contributed by atoms with van der Waals surface area (Å²) in [5, 5.41) is 8.94. The third-order valence-corrected chi connectivity index (χ3v) is 5.04. The van der Waals surface area contributed by atoms with Crippen LogP contribution in [0.2, 0.25) is 0 Å². The largest absolute Gasteiger partial charge is 0.299 e. The van der Waals surface area contributed by atoms with Gasteiger partial charge in [0.1, 0.15) is 0 Å². The van der Waals surface area contributed by atoms with E-state index in [9.17, 15) is 0 Å². The highest BCUT2D eigenvalue weighted by Crippen LogP contribution is 2.46. The van der Waals surface area contributed by atoms with Gasteiger partial charge in [0, 0.05) is 6.54 Å². The van der Waals surface area contributed by atoms with Crippen molar-refractivity contribution in [3.8, 4) is 6.07 Å². The molecule has 1 aromatic rings. The Morgan fingerprint density at radius 3 is 2.53 bits per heavy atom. The van der Waals surface area contributed by atoms with Crippen molar-refractivity contribution in [2.75, 3.05) is 13.1 Å². The standard InChI is InChI=1S/C17H22N2/c18-13-15-4-3-5-16(12-15)14-19-10-8-17(9-11-19)6-1-2-7-17/h3-5,12H,1-2,6-11,14H2. The highest BCUT2D eigenvalue weighted by molar-refractivity contribution is 5.32. The van der Waals surface area contributed by atoms with Crippen molar-refractivity contribution in [1.82, 2.24) is 4.90 Å². The summed E-state index contributed by atoms with van der Waals surface area (Å²) >= 11 is 0. The minimum absolute atomic E-state index is 0.699. The molecule has 19 heavy (non-hydrogen) atoms. The quantitative estimate of drug-likeness (QED) is 0.804. The van der Waals surface area contributed by atoms with Gasteiger partial charge in [-0.2, -0.15) is 5.26 Å². The molecule has 1 aliphatic heterocycles. The van der Waals surface area contributed by atoms with Crippen molar-refractivity contribution in [3.05, 3.63) is 35.4 Å². The molecule has 1 aliphatic carbocycles. The minimum atomic E-state index is 0.699. The molecule has 0 unspecified atom stereocenters. The van der Waals surface area contributed by atoms with E-state index >= 15 is 0 Å². The third-order valence-electron chi connectivity index (χ3n) is 5.04. The van der Waals surface area contributed by atoms with Crippen molar-refractivity contribution >= 4 is 0 Å². The topological polar surface area (TPSA) is 27.0 Å². The van der Waals surface area contributed by atoms with Crippen molar-refractivity contribution in [2.24, 2.45) is 5.41 Å². The monoisotopic (exact) mass is 254 g/mol. The molecule has 0 amide bonds. The predicted molar refractivity (Wildman–Crippen MR) is 76.6 cm³/mol. The summed E-state index contributed by atoms with van der Waals surface area (Å²) in [5.74, 6) is 0. The first kappa shape index (κ1) is 12.7. The second kappa shape index (κ2) is 5.35. The van der Waals surface area contributed by atoms with Gasteiger partial charge in [-0.1, -0.05) is 25.0 Å². The van der Waals surface area contributed by atoms with Crippen LogP contribution >= 0.6 is 0 Å². The van der Waals surface area contributed by atoms with E-state index in [1.54, 1.807) is 0 Å². The molecule has 100 valence electrons. The van der Waals surface area contributed by atoms with E-state index in [0.717, 1.165) is 12.1 Å². The molecule has 1 spiro atoms. The van der Waals surface area contributed by atoms with E-state index in [1.165, 1.54) is 57.2 Å². The average molecular weight is 254 g/mol. The fourth-order valence-electron chi connectivity index (χ4n) is 3.81. The molecule has 0 bridgehead atoms. The number of nitrogens with zero attached hydrogens (tertiary/aromatic N) is 2. The van der Waals surface area contributed by atoms with Crippen molar-refractivity contribution < 1.29 is 0 Å². The highest BCUT2D eigenvalue weighted by Gasteiger charge is 2.36. The summed E-state index contributed by atoms with van der Waals surface area (Å²) < 4.78 is 0. The fourth-order valence-corrected chi connectivity index (χ4v) is 3.81. The lowest BCUT2D eigenvalue weighted by atomic mass is 9.77. The Morgan fingerprint density at radius 1 is 1.11 bits per heavy atom. The van der Waals surface area contributed by atoms with Gasteiger partial charge in [0.2, 0.25) is 0 Å². The van der Waals surface area contributed by atoms with E-state index in [2.05, 4.69) is 17.0 Å². The lowest BCUT2D eigenvalue weighted by Crippen LogP contribution is -2.38. The maximum absolute atomic E-state index is 8.94. The molecule has 2 nitrogen and oxygen atoms in total. The van der Waals surface area contributed by atoms with E-state index in [-0.39, 0.29) is 0 Å². The molecule has 0 aromatic heterocycles. The van der Waals surface area contributed by atoms with Gasteiger partial charge in [-0.3, -0.25) is 4.90 Å². The Balaban J connectivity index is 1.58. The van der Waals surface area contributed by atoms with E-state index in [1.807, 2.05) is 18.2 Å². The summed E-state index contributed by atoms with van der Waals surface area (Å²) in [5.41, 5.74) is 2.76. The van der Waals surface area contributed by atoms with Crippen LogP contribution < -0.4 is 0 Å². The fraction of sp³-hybridized carbons (Fsp3) is 0.588. The first-order chi connectivity index (χ1) is 9.30. The van der Waals surface area contributed by atoms with Crippen LogP contribution in [0.3, 0.4) is 0 Å². The lowest BCUT2D eigenvalue weighted by molar-refractivity contribution is 0.103. The Bertz CT molecular complexity index is 470. The molecule has 2 aliphatic rings. The van der Waals surface area contributed by atoms with Crippen molar-refractivity contribution in [2.45, 2.75) is 45.1 Å². The molecule has 0 N–H and O–H groups in total. The molecule has 3 rings (SSSR count). The number of likely N-dealkylation sites (tertiary alicyclic amines) is 1. The van der Waals surface area contributed by atoms with Gasteiger partial charge in [-0.15, -0.1) is 0 Å². The van der Waals surface area contributed by atoms with Crippen LogP contribution in [0.4, 0.5) is 0 Å². The van der Waals surface area contributed by atoms with Gasteiger partial charge in [0.05, 0.1) is 11.6 Å². The van der Waals surface area contributed by atoms with Gasteiger partial charge >= 0.3 is 0 Å². The number of hydrogen-bond acceptors (Lipinski definition) is 2. The van der Waals surface area contributed by atoms with Gasteiger partial charge in [-0.05, 0) is 61.9 Å². The number of piperidine rings is 1. The molecule has 0 radical (unpaired) electrons. The van der Waals surface area contributed by atoms with Gasteiger partial charge in [-0.25, -0.2) is 0 Å². The van der Waals surface area contributed by atoms with Crippen LogP contribution in [0.1, 0.15) is 49.7 Å². The summed E-state index contributed by atoms with van der Waals surface area (Å²) in [6.07, 6.45) is 8.58. The Kier molecular flexibility index (Phi) is 3.57. The first-order valence-corrected chi connectivity index (χ1v) is 7.51. The van der Waals surface area contributed by atoms with Crippen LogP contribution in [0.15, 0.2) is 24.3 Å². The highest BCUT2D eigenvalue weighted by atomic mass is 15.1. The van der Waals surface area contributed by atoms with Crippen LogP contribution in [-0.4, -0.2) is 18.0 Å². The second-order valence-corrected chi connectivity index (χ2v) is 6.30. The van der Waals surface area contributed by atoms with Crippen molar-refractivity contribution in [3.63, 3.8) is 0 Å². The Hall–Kier alpha value is -1.33. The zero-order valence-electron chi connectivity index (χ0n) is 11.6. The molecule has 1 aromatic carbocycles. The van der Waals surface area contributed by atoms with Crippen molar-refractivity contribution in [1.29, 1.82) is 5.26 Å². The zero-order chi connectivity index (χ0) is 13.1. The van der Waals surface area contributed by atoms with Gasteiger partial charge in [0.25, 0.3) is 0 Å². The summed E-state index contributed by atoms with van der Waals surface area (Å²) in [4.78, 5) is 2.56. The maximum Gasteiger partial charge on any atom is 0.0991 e. The number of hydrogen-bond donors (Lipinski definition) is 0. The molecule has 0 atom stereocenters. The molecule has 1 heterocycles. The van der Waals surface area contributed by atoms with Crippen LogP contribution in [0, 0.1) is 16.7 Å². The minimum Gasteiger partial charge on any atom is -0.299 e. The maximum atomic E-state index is 8.94. The molecule has 2 heteroatoms. The first-order valence-electron chi connectivity index (χ1n) is 7.51. The van der Waals surface area contributed by atoms with E-state index in [0.29, 0.717) is 5.41 Å². The molecular formula is C17H22N2. The number of rotatable bonds is 2. The normalized spacial score (nSPS) is 22.5. The molecule has 2 fully saturated rings. The smallest absolute Gasteiger partial charge is 0.0991 e. The summed E-state index contributed by atoms with van der Waals surface area (Å²) in [6.45, 7) is 3.47. The summed E-state index contributed by atoms with van der Waals surface area (Å²) in [6, 6.07) is 10.3. The summed E-state index contributed by atoms with van der Waals surface area (Å²) in [7, 11) is 0. The lowest BCUT2D eigenvalue weighted by Gasteiger charge is -2.39. The number of nitriles is 1. The second-order valence-electron chi connectivity index (χ2n) is 6.30. The SMILES string of the molecule is N#Cc1cccc(CN2CCC3(CCCC3)CC2)c1. The predicted octanol–water partition coefficient (Wildman–Crippen LogP) is 3.71. The van der Waals surface area contributed by atoms with Gasteiger partial charge in [0.15, 0.2) is 0 Å². The Morgan fingerprint density at radius 2 is 1.84 bits per heavy atom. The van der Waals surface area contributed by atoms with Crippen LogP contribution in [0.25, 0.3) is 0 Å². The Labute approximate surface area is 116 Å². The number of benzene rings is 1.